The highest BCUT2D eigenvalue weighted by atomic mass is 16.2. The maximum Gasteiger partial charge on any atom is 0.317 e. The van der Waals surface area contributed by atoms with Crippen molar-refractivity contribution in [3.63, 3.8) is 0 Å². The minimum atomic E-state index is 0.0991. The number of piperidine rings is 1. The molecule has 16 heavy (non-hydrogen) atoms. The zero-order chi connectivity index (χ0) is 11.4. The van der Waals surface area contributed by atoms with E-state index in [4.69, 9.17) is 5.73 Å². The Balaban J connectivity index is 1.80. The van der Waals surface area contributed by atoms with Crippen LogP contribution in [0.2, 0.25) is 0 Å². The molecule has 1 aliphatic carbocycles. The largest absolute Gasteiger partial charge is 0.334 e. The summed E-state index contributed by atoms with van der Waals surface area (Å²) in [6.45, 7) is 1.82. The molecule has 1 heterocycles. The number of nitrogens with one attached hydrogen (secondary N) is 1. The minimum Gasteiger partial charge on any atom is -0.334 e. The van der Waals surface area contributed by atoms with E-state index in [2.05, 4.69) is 5.32 Å². The number of nitrogens with two attached hydrogens (primary N) is 1. The van der Waals surface area contributed by atoms with Gasteiger partial charge in [-0.2, -0.15) is 0 Å². The molecular formula is C12H23N3O. The van der Waals surface area contributed by atoms with Crippen LogP contribution < -0.4 is 11.1 Å². The van der Waals surface area contributed by atoms with Crippen LogP contribution in [0.25, 0.3) is 0 Å². The van der Waals surface area contributed by atoms with Gasteiger partial charge in [0.05, 0.1) is 0 Å². The van der Waals surface area contributed by atoms with Gasteiger partial charge in [-0.05, 0) is 32.1 Å². The Hall–Kier alpha value is -0.770. The smallest absolute Gasteiger partial charge is 0.317 e. The summed E-state index contributed by atoms with van der Waals surface area (Å²) in [6, 6.07) is 0.452. The second kappa shape index (κ2) is 5.53. The molecule has 1 saturated heterocycles. The van der Waals surface area contributed by atoms with Crippen LogP contribution in [0.3, 0.4) is 0 Å². The van der Waals surface area contributed by atoms with Gasteiger partial charge < -0.3 is 16.0 Å². The van der Waals surface area contributed by atoms with Crippen LogP contribution >= 0.6 is 0 Å². The molecule has 0 radical (unpaired) electrons. The molecule has 2 atom stereocenters. The number of urea groups is 1. The van der Waals surface area contributed by atoms with Crippen molar-refractivity contribution in [1.82, 2.24) is 10.2 Å². The summed E-state index contributed by atoms with van der Waals surface area (Å²) >= 11 is 0. The van der Waals surface area contributed by atoms with E-state index in [9.17, 15) is 4.79 Å². The lowest BCUT2D eigenvalue weighted by Crippen LogP contribution is -2.53. The first-order chi connectivity index (χ1) is 7.77. The third-order valence-electron chi connectivity index (χ3n) is 3.77. The number of hydrogen-bond donors (Lipinski definition) is 2. The number of carbonyl (C=O) groups is 1. The Morgan fingerprint density at radius 1 is 1.06 bits per heavy atom. The van der Waals surface area contributed by atoms with Gasteiger partial charge in [-0.3, -0.25) is 0 Å². The number of nitrogens with zero attached hydrogens (tertiary/aromatic N) is 1. The van der Waals surface area contributed by atoms with Crippen molar-refractivity contribution in [2.45, 2.75) is 57.0 Å². The van der Waals surface area contributed by atoms with Gasteiger partial charge in [-0.15, -0.1) is 0 Å². The molecule has 4 heteroatoms. The molecule has 0 aromatic heterocycles. The molecule has 2 amide bonds. The van der Waals surface area contributed by atoms with Crippen LogP contribution in [0.5, 0.6) is 0 Å². The quantitative estimate of drug-likeness (QED) is 0.709. The third-order valence-corrected chi connectivity index (χ3v) is 3.77. The summed E-state index contributed by atoms with van der Waals surface area (Å²) < 4.78 is 0. The van der Waals surface area contributed by atoms with Gasteiger partial charge in [0, 0.05) is 25.2 Å². The molecule has 1 aliphatic heterocycles. The Morgan fingerprint density at radius 3 is 2.44 bits per heavy atom. The molecular weight excluding hydrogens is 202 g/mol. The minimum absolute atomic E-state index is 0.0991. The fourth-order valence-electron chi connectivity index (χ4n) is 2.69. The molecule has 2 fully saturated rings. The molecule has 0 bridgehead atoms. The van der Waals surface area contributed by atoms with E-state index in [0.29, 0.717) is 0 Å². The maximum absolute atomic E-state index is 12.0. The molecule has 2 rings (SSSR count). The van der Waals surface area contributed by atoms with E-state index in [1.807, 2.05) is 4.90 Å². The molecule has 92 valence electrons. The highest BCUT2D eigenvalue weighted by Crippen LogP contribution is 2.17. The normalized spacial score (nSPS) is 31.2. The lowest BCUT2D eigenvalue weighted by atomic mass is 9.91. The van der Waals surface area contributed by atoms with Crippen molar-refractivity contribution in [2.75, 3.05) is 13.1 Å². The second-order valence-electron chi connectivity index (χ2n) is 5.05. The van der Waals surface area contributed by atoms with Crippen LogP contribution in [0, 0.1) is 0 Å². The third kappa shape index (κ3) is 2.88. The maximum atomic E-state index is 12.0. The van der Waals surface area contributed by atoms with Crippen LogP contribution in [0.4, 0.5) is 4.79 Å². The Labute approximate surface area is 97.6 Å². The van der Waals surface area contributed by atoms with Gasteiger partial charge in [0.2, 0.25) is 0 Å². The standard InChI is InChI=1S/C12H23N3O/c13-10-6-2-3-7-11(10)14-12(16)15-8-4-1-5-9-15/h10-11H,1-9,13H2,(H,14,16)/t10-,11-/m1/s1. The molecule has 0 spiro atoms. The SMILES string of the molecule is N[C@@H]1CCCC[C@H]1NC(=O)N1CCCCC1. The van der Waals surface area contributed by atoms with Gasteiger partial charge in [-0.25, -0.2) is 4.79 Å². The van der Waals surface area contributed by atoms with Gasteiger partial charge in [0.1, 0.15) is 0 Å². The first kappa shape index (κ1) is 11.7. The van der Waals surface area contributed by atoms with Gasteiger partial charge in [0.15, 0.2) is 0 Å². The number of amides is 2. The van der Waals surface area contributed by atoms with Crippen LogP contribution in [-0.2, 0) is 0 Å². The summed E-state index contributed by atoms with van der Waals surface area (Å²) in [4.78, 5) is 13.9. The summed E-state index contributed by atoms with van der Waals surface area (Å²) in [5.74, 6) is 0. The molecule has 4 nitrogen and oxygen atoms in total. The highest BCUT2D eigenvalue weighted by molar-refractivity contribution is 5.74. The summed E-state index contributed by atoms with van der Waals surface area (Å²) in [6.07, 6.45) is 8.03. The Morgan fingerprint density at radius 2 is 1.75 bits per heavy atom. The molecule has 0 aromatic carbocycles. The fourth-order valence-corrected chi connectivity index (χ4v) is 2.69. The van der Waals surface area contributed by atoms with E-state index < -0.39 is 0 Å². The van der Waals surface area contributed by atoms with E-state index in [1.165, 1.54) is 19.3 Å². The molecule has 1 saturated carbocycles. The van der Waals surface area contributed by atoms with E-state index >= 15 is 0 Å². The first-order valence-corrected chi connectivity index (χ1v) is 6.58. The zero-order valence-corrected chi connectivity index (χ0v) is 9.95. The van der Waals surface area contributed by atoms with Gasteiger partial charge in [0.25, 0.3) is 0 Å². The number of hydrogen-bond acceptors (Lipinski definition) is 2. The van der Waals surface area contributed by atoms with Crippen LogP contribution in [0.1, 0.15) is 44.9 Å². The monoisotopic (exact) mass is 225 g/mol. The second-order valence-corrected chi connectivity index (χ2v) is 5.05. The van der Waals surface area contributed by atoms with E-state index in [1.54, 1.807) is 0 Å². The number of carbonyl (C=O) groups excluding carboxylic acids is 1. The average molecular weight is 225 g/mol. The van der Waals surface area contributed by atoms with Crippen LogP contribution in [-0.4, -0.2) is 36.1 Å². The Kier molecular flexibility index (Phi) is 4.04. The Bertz CT molecular complexity index is 238. The summed E-state index contributed by atoms with van der Waals surface area (Å²) in [5.41, 5.74) is 6.02. The topological polar surface area (TPSA) is 58.4 Å². The first-order valence-electron chi connectivity index (χ1n) is 6.58. The predicted molar refractivity (Wildman–Crippen MR) is 64.2 cm³/mol. The van der Waals surface area contributed by atoms with Gasteiger partial charge in [-0.1, -0.05) is 12.8 Å². The van der Waals surface area contributed by atoms with Gasteiger partial charge >= 0.3 is 6.03 Å². The lowest BCUT2D eigenvalue weighted by Gasteiger charge is -2.33. The molecule has 3 N–H and O–H groups in total. The number of rotatable bonds is 1. The fraction of sp³-hybridized carbons (Fsp3) is 0.917. The van der Waals surface area contributed by atoms with Crippen molar-refractivity contribution >= 4 is 6.03 Å². The molecule has 2 aliphatic rings. The van der Waals surface area contributed by atoms with Crippen molar-refractivity contribution in [2.24, 2.45) is 5.73 Å². The summed E-state index contributed by atoms with van der Waals surface area (Å²) in [7, 11) is 0. The predicted octanol–water partition coefficient (Wildman–Crippen LogP) is 1.45. The average Bonchev–Trinajstić information content (AvgIpc) is 2.33. The van der Waals surface area contributed by atoms with E-state index in [0.717, 1.165) is 38.8 Å². The zero-order valence-electron chi connectivity index (χ0n) is 9.95. The molecule has 0 aromatic rings. The van der Waals surface area contributed by atoms with Crippen molar-refractivity contribution in [1.29, 1.82) is 0 Å². The van der Waals surface area contributed by atoms with Crippen molar-refractivity contribution in [3.8, 4) is 0 Å². The van der Waals surface area contributed by atoms with E-state index in [-0.39, 0.29) is 18.1 Å². The van der Waals surface area contributed by atoms with Crippen molar-refractivity contribution in [3.05, 3.63) is 0 Å². The summed E-state index contributed by atoms with van der Waals surface area (Å²) in [5, 5.41) is 3.10. The highest BCUT2D eigenvalue weighted by Gasteiger charge is 2.25. The number of likely N-dealkylation sites (tertiary alicyclic amines) is 1. The van der Waals surface area contributed by atoms with Crippen LogP contribution in [0.15, 0.2) is 0 Å². The lowest BCUT2D eigenvalue weighted by molar-refractivity contribution is 0.177. The molecule has 0 unspecified atom stereocenters. The van der Waals surface area contributed by atoms with Crippen molar-refractivity contribution < 1.29 is 4.79 Å².